The van der Waals surface area contributed by atoms with Crippen molar-refractivity contribution in [2.24, 2.45) is 5.92 Å². The number of esters is 1. The Morgan fingerprint density at radius 1 is 1.27 bits per heavy atom. The zero-order valence-corrected chi connectivity index (χ0v) is 15.1. The van der Waals surface area contributed by atoms with Crippen molar-refractivity contribution in [3.8, 4) is 0 Å². The van der Waals surface area contributed by atoms with Gasteiger partial charge in [-0.25, -0.2) is 4.79 Å². The van der Waals surface area contributed by atoms with Crippen molar-refractivity contribution >= 4 is 17.3 Å². The van der Waals surface area contributed by atoms with Crippen LogP contribution >= 0.6 is 11.3 Å². The van der Waals surface area contributed by atoms with Gasteiger partial charge in [-0.05, 0) is 55.6 Å². The van der Waals surface area contributed by atoms with E-state index in [2.05, 4.69) is 4.90 Å². The quantitative estimate of drug-likeness (QED) is 0.696. The Kier molecular flexibility index (Phi) is 5.67. The third-order valence-electron chi connectivity index (χ3n) is 4.74. The van der Waals surface area contributed by atoms with Crippen LogP contribution in [0.4, 0.5) is 13.2 Å². The van der Waals surface area contributed by atoms with Gasteiger partial charge in [0.05, 0.1) is 12.2 Å². The first-order chi connectivity index (χ1) is 12.4. The van der Waals surface area contributed by atoms with E-state index in [1.165, 1.54) is 23.5 Å². The average molecular weight is 383 g/mol. The molecule has 1 aliphatic rings. The van der Waals surface area contributed by atoms with Gasteiger partial charge in [0.25, 0.3) is 0 Å². The molecule has 1 saturated heterocycles. The summed E-state index contributed by atoms with van der Waals surface area (Å²) in [5, 5.41) is 1.82. The van der Waals surface area contributed by atoms with Crippen molar-refractivity contribution in [2.75, 3.05) is 20.2 Å². The maximum Gasteiger partial charge on any atom is 0.416 e. The molecule has 2 heterocycles. The Morgan fingerprint density at radius 2 is 2.00 bits per heavy atom. The summed E-state index contributed by atoms with van der Waals surface area (Å²) in [6.45, 7) is 1.12. The highest BCUT2D eigenvalue weighted by Crippen LogP contribution is 2.37. The first kappa shape index (κ1) is 18.9. The molecule has 1 fully saturated rings. The number of ether oxygens (including phenoxy) is 1. The van der Waals surface area contributed by atoms with E-state index in [1.54, 1.807) is 12.1 Å². The maximum absolute atomic E-state index is 12.8. The number of hydrogen-bond donors (Lipinski definition) is 0. The van der Waals surface area contributed by atoms with Crippen LogP contribution in [0.1, 0.15) is 39.7 Å². The van der Waals surface area contributed by atoms with Crippen molar-refractivity contribution in [1.82, 2.24) is 4.90 Å². The lowest BCUT2D eigenvalue weighted by Gasteiger charge is -2.39. The van der Waals surface area contributed by atoms with E-state index < -0.39 is 11.7 Å². The number of piperidine rings is 1. The number of carbonyl (C=O) groups excluding carboxylic acids is 1. The number of nitrogens with zero attached hydrogens (tertiary/aromatic N) is 1. The topological polar surface area (TPSA) is 29.5 Å². The molecule has 1 aromatic carbocycles. The molecule has 0 bridgehead atoms. The molecule has 3 rings (SSSR count). The predicted octanol–water partition coefficient (Wildman–Crippen LogP) is 5.01. The summed E-state index contributed by atoms with van der Waals surface area (Å²) in [6, 6.07) is 8.74. The van der Waals surface area contributed by atoms with E-state index in [0.29, 0.717) is 4.88 Å². The van der Waals surface area contributed by atoms with Crippen molar-refractivity contribution in [2.45, 2.75) is 25.1 Å². The van der Waals surface area contributed by atoms with Gasteiger partial charge in [-0.1, -0.05) is 18.2 Å². The van der Waals surface area contributed by atoms with E-state index >= 15 is 0 Å². The smallest absolute Gasteiger partial charge is 0.416 e. The maximum atomic E-state index is 12.8. The molecule has 3 nitrogen and oxygen atoms in total. The lowest BCUT2D eigenvalue weighted by Crippen LogP contribution is -2.38. The number of hydrogen-bond acceptors (Lipinski definition) is 4. The molecule has 0 N–H and O–H groups in total. The molecule has 1 aromatic heterocycles. The Morgan fingerprint density at radius 3 is 2.62 bits per heavy atom. The van der Waals surface area contributed by atoms with E-state index in [4.69, 9.17) is 4.74 Å². The molecule has 2 atom stereocenters. The van der Waals surface area contributed by atoms with Crippen LogP contribution in [-0.2, 0) is 10.9 Å². The monoisotopic (exact) mass is 383 g/mol. The highest BCUT2D eigenvalue weighted by atomic mass is 32.1. The van der Waals surface area contributed by atoms with E-state index in [1.807, 2.05) is 12.4 Å². The van der Waals surface area contributed by atoms with Crippen LogP contribution in [0.5, 0.6) is 0 Å². The highest BCUT2D eigenvalue weighted by molar-refractivity contribution is 7.11. The SMILES string of the molecule is CN1CCC[C@@H](COC(=O)c2cccs2)[C@H]1c1ccc(C(F)(F)F)cc1. The second-order valence-electron chi connectivity index (χ2n) is 6.52. The second-order valence-corrected chi connectivity index (χ2v) is 7.47. The summed E-state index contributed by atoms with van der Waals surface area (Å²) < 4.78 is 43.8. The summed E-state index contributed by atoms with van der Waals surface area (Å²) in [7, 11) is 1.95. The summed E-state index contributed by atoms with van der Waals surface area (Å²) >= 11 is 1.33. The molecular weight excluding hydrogens is 363 g/mol. The molecule has 140 valence electrons. The Hall–Kier alpha value is -1.86. The molecule has 7 heteroatoms. The van der Waals surface area contributed by atoms with Gasteiger partial charge in [-0.2, -0.15) is 13.2 Å². The molecule has 0 amide bonds. The second kappa shape index (κ2) is 7.80. The summed E-state index contributed by atoms with van der Waals surface area (Å²) in [5.74, 6) is -0.297. The van der Waals surface area contributed by atoms with Crippen LogP contribution in [0, 0.1) is 5.92 Å². The minimum Gasteiger partial charge on any atom is -0.461 e. The fourth-order valence-electron chi connectivity index (χ4n) is 3.48. The van der Waals surface area contributed by atoms with Crippen molar-refractivity contribution < 1.29 is 22.7 Å². The Labute approximate surface area is 154 Å². The summed E-state index contributed by atoms with van der Waals surface area (Å²) in [6.07, 6.45) is -2.50. The van der Waals surface area contributed by atoms with Crippen molar-refractivity contribution in [1.29, 1.82) is 0 Å². The fraction of sp³-hybridized carbons (Fsp3) is 0.421. The molecule has 2 aromatic rings. The number of alkyl halides is 3. The van der Waals surface area contributed by atoms with Crippen molar-refractivity contribution in [3.05, 3.63) is 57.8 Å². The van der Waals surface area contributed by atoms with Crippen molar-refractivity contribution in [3.63, 3.8) is 0 Å². The summed E-state index contributed by atoms with van der Waals surface area (Å²) in [5.41, 5.74) is 0.165. The first-order valence-electron chi connectivity index (χ1n) is 8.44. The zero-order chi connectivity index (χ0) is 18.7. The van der Waals surface area contributed by atoms with Crippen LogP contribution < -0.4 is 0 Å². The minimum atomic E-state index is -4.34. The minimum absolute atomic E-state index is 0.0504. The standard InChI is InChI=1S/C19H20F3NO2S/c1-23-10-2-4-14(12-25-18(24)16-5-3-11-26-16)17(23)13-6-8-15(9-7-13)19(20,21)22/h3,5-9,11,14,17H,2,4,10,12H2,1H3/t14-,17+/m0/s1. The van der Waals surface area contributed by atoms with Crippen LogP contribution in [0.15, 0.2) is 41.8 Å². The van der Waals surface area contributed by atoms with Gasteiger partial charge in [-0.3, -0.25) is 4.90 Å². The molecule has 0 radical (unpaired) electrons. The fourth-order valence-corrected chi connectivity index (χ4v) is 4.09. The molecule has 1 aliphatic heterocycles. The summed E-state index contributed by atoms with van der Waals surface area (Å²) in [4.78, 5) is 14.8. The Balaban J connectivity index is 1.73. The third-order valence-corrected chi connectivity index (χ3v) is 5.59. The third kappa shape index (κ3) is 4.27. The lowest BCUT2D eigenvalue weighted by molar-refractivity contribution is -0.137. The van der Waals surface area contributed by atoms with Gasteiger partial charge in [-0.15, -0.1) is 11.3 Å². The van der Waals surface area contributed by atoms with Crippen LogP contribution in [0.2, 0.25) is 0 Å². The molecular formula is C19H20F3NO2S. The lowest BCUT2D eigenvalue weighted by atomic mass is 9.85. The molecule has 0 spiro atoms. The van der Waals surface area contributed by atoms with Gasteiger partial charge >= 0.3 is 12.1 Å². The highest BCUT2D eigenvalue weighted by Gasteiger charge is 2.34. The molecule has 0 unspecified atom stereocenters. The number of benzene rings is 1. The van der Waals surface area contributed by atoms with Gasteiger partial charge in [0.2, 0.25) is 0 Å². The number of thiophene rings is 1. The van der Waals surface area contributed by atoms with Gasteiger partial charge in [0.1, 0.15) is 4.88 Å². The normalized spacial score (nSPS) is 21.5. The number of likely N-dealkylation sites (tertiary alicyclic amines) is 1. The van der Waals surface area contributed by atoms with Gasteiger partial charge < -0.3 is 4.74 Å². The Bertz CT molecular complexity index is 728. The number of carbonyl (C=O) groups is 1. The van der Waals surface area contributed by atoms with E-state index in [9.17, 15) is 18.0 Å². The predicted molar refractivity (Wildman–Crippen MR) is 94.1 cm³/mol. The first-order valence-corrected chi connectivity index (χ1v) is 9.32. The van der Waals surface area contributed by atoms with Gasteiger partial charge in [0, 0.05) is 12.0 Å². The molecule has 26 heavy (non-hydrogen) atoms. The number of halogens is 3. The van der Waals surface area contributed by atoms with Crippen LogP contribution in [0.3, 0.4) is 0 Å². The average Bonchev–Trinajstić information content (AvgIpc) is 3.14. The largest absolute Gasteiger partial charge is 0.461 e. The molecule has 0 aliphatic carbocycles. The van der Waals surface area contributed by atoms with Crippen LogP contribution in [-0.4, -0.2) is 31.1 Å². The zero-order valence-electron chi connectivity index (χ0n) is 14.3. The number of rotatable bonds is 4. The van der Waals surface area contributed by atoms with Crippen LogP contribution in [0.25, 0.3) is 0 Å². The van der Waals surface area contributed by atoms with Gasteiger partial charge in [0.15, 0.2) is 0 Å². The van der Waals surface area contributed by atoms with E-state index in [0.717, 1.165) is 37.1 Å². The molecule has 0 saturated carbocycles. The van der Waals surface area contributed by atoms with E-state index in [-0.39, 0.29) is 24.5 Å².